The largest absolute Gasteiger partial charge is 0.369 e. The molecule has 1 aliphatic heterocycles. The average Bonchev–Trinajstić information content (AvgIpc) is 3.42. The Hall–Kier alpha value is -2.98. The summed E-state index contributed by atoms with van der Waals surface area (Å²) >= 11 is 3.49. The molecule has 0 atom stereocenters. The highest BCUT2D eigenvalue weighted by atomic mass is 79.9. The second kappa shape index (κ2) is 10.6. The van der Waals surface area contributed by atoms with Gasteiger partial charge >= 0.3 is 0 Å². The fourth-order valence-electron chi connectivity index (χ4n) is 3.61. The smallest absolute Gasteiger partial charge is 0.238 e. The lowest BCUT2D eigenvalue weighted by atomic mass is 10.2. The summed E-state index contributed by atoms with van der Waals surface area (Å²) < 4.78 is 0.784. The summed E-state index contributed by atoms with van der Waals surface area (Å²) in [6.07, 6.45) is 6.69. The van der Waals surface area contributed by atoms with Crippen LogP contribution in [0.15, 0.2) is 41.1 Å². The van der Waals surface area contributed by atoms with Crippen molar-refractivity contribution >= 4 is 45.0 Å². The minimum Gasteiger partial charge on any atom is -0.369 e. The predicted octanol–water partition coefficient (Wildman–Crippen LogP) is 3.70. The van der Waals surface area contributed by atoms with E-state index in [-0.39, 0.29) is 5.91 Å². The van der Waals surface area contributed by atoms with E-state index in [0.717, 1.165) is 46.9 Å². The average molecular weight is 499 g/mol. The molecule has 2 aromatic heterocycles. The number of likely N-dealkylation sites (tertiary alicyclic amines) is 1. The van der Waals surface area contributed by atoms with Crippen LogP contribution < -0.4 is 16.0 Å². The quantitative estimate of drug-likeness (QED) is 0.355. The maximum Gasteiger partial charge on any atom is 0.238 e. The molecule has 4 rings (SSSR count). The van der Waals surface area contributed by atoms with Crippen LogP contribution in [-0.4, -0.2) is 56.9 Å². The van der Waals surface area contributed by atoms with Crippen molar-refractivity contribution in [2.75, 3.05) is 42.1 Å². The maximum atomic E-state index is 12.3. The Labute approximate surface area is 195 Å². The van der Waals surface area contributed by atoms with Gasteiger partial charge in [-0.1, -0.05) is 6.07 Å². The van der Waals surface area contributed by atoms with Gasteiger partial charge in [-0.3, -0.25) is 9.69 Å². The Morgan fingerprint density at radius 1 is 1.19 bits per heavy atom. The first-order chi connectivity index (χ1) is 15.5. The zero-order valence-corrected chi connectivity index (χ0v) is 19.6. The van der Waals surface area contributed by atoms with Crippen molar-refractivity contribution in [2.45, 2.75) is 26.2 Å². The lowest BCUT2D eigenvalue weighted by Crippen LogP contribution is -2.30. The Morgan fingerprint density at radius 3 is 2.78 bits per heavy atom. The molecule has 1 fully saturated rings. The molecule has 1 saturated heterocycles. The standard InChI is InChI=1S/C22H27BrN8O/c1-15-25-12-18(27-15)7-8-24-21-19(23)13-26-22(30-21)29-17-6-4-5-16(11-17)28-20(32)14-31-9-2-3-10-31/h4-6,11-13H,2-3,7-10,14H2,1H3,(H,25,27)(H,28,32)(H2,24,26,29,30). The fraction of sp³-hybridized carbons (Fsp3) is 0.364. The van der Waals surface area contributed by atoms with Gasteiger partial charge in [0.2, 0.25) is 11.9 Å². The van der Waals surface area contributed by atoms with Gasteiger partial charge in [0.15, 0.2) is 0 Å². The van der Waals surface area contributed by atoms with Gasteiger partial charge in [-0.15, -0.1) is 0 Å². The van der Waals surface area contributed by atoms with Gasteiger partial charge in [-0.2, -0.15) is 4.98 Å². The van der Waals surface area contributed by atoms with Crippen molar-refractivity contribution in [2.24, 2.45) is 0 Å². The van der Waals surface area contributed by atoms with E-state index in [2.05, 4.69) is 56.7 Å². The summed E-state index contributed by atoms with van der Waals surface area (Å²) in [6, 6.07) is 7.55. The molecule has 3 aromatic rings. The van der Waals surface area contributed by atoms with E-state index in [9.17, 15) is 4.79 Å². The van der Waals surface area contributed by atoms with Gasteiger partial charge < -0.3 is 20.9 Å². The van der Waals surface area contributed by atoms with Crippen LogP contribution in [0.2, 0.25) is 0 Å². The lowest BCUT2D eigenvalue weighted by molar-refractivity contribution is -0.117. The second-order valence-corrected chi connectivity index (χ2v) is 8.65. The number of nitrogens with one attached hydrogen (secondary N) is 4. The number of nitrogens with zero attached hydrogens (tertiary/aromatic N) is 4. The molecule has 0 aliphatic carbocycles. The molecule has 1 aromatic carbocycles. The summed E-state index contributed by atoms with van der Waals surface area (Å²) in [5, 5.41) is 9.50. The topological polar surface area (TPSA) is 111 Å². The van der Waals surface area contributed by atoms with Gasteiger partial charge in [-0.05, 0) is 67.0 Å². The molecule has 0 radical (unpaired) electrons. The highest BCUT2D eigenvalue weighted by Crippen LogP contribution is 2.23. The predicted molar refractivity (Wildman–Crippen MR) is 129 cm³/mol. The summed E-state index contributed by atoms with van der Waals surface area (Å²) in [7, 11) is 0. The highest BCUT2D eigenvalue weighted by Gasteiger charge is 2.15. The summed E-state index contributed by atoms with van der Waals surface area (Å²) in [5.41, 5.74) is 2.61. The number of aryl methyl sites for hydroxylation is 1. The van der Waals surface area contributed by atoms with Gasteiger partial charge in [0.25, 0.3) is 0 Å². The lowest BCUT2D eigenvalue weighted by Gasteiger charge is -2.14. The molecule has 1 aliphatic rings. The number of H-pyrrole nitrogens is 1. The van der Waals surface area contributed by atoms with Crippen LogP contribution in [0.25, 0.3) is 0 Å². The molecule has 10 heteroatoms. The number of aromatic amines is 1. The molecular formula is C22H27BrN8O. The summed E-state index contributed by atoms with van der Waals surface area (Å²) in [5.74, 6) is 2.08. The first kappa shape index (κ1) is 22.2. The maximum absolute atomic E-state index is 12.3. The third-order valence-corrected chi connectivity index (χ3v) is 5.74. The molecule has 168 valence electrons. The van der Waals surface area contributed by atoms with Crippen molar-refractivity contribution in [3.63, 3.8) is 0 Å². The molecule has 0 saturated carbocycles. The molecule has 1 amide bonds. The van der Waals surface area contributed by atoms with E-state index >= 15 is 0 Å². The first-order valence-corrected chi connectivity index (χ1v) is 11.5. The van der Waals surface area contributed by atoms with Crippen molar-refractivity contribution in [1.29, 1.82) is 0 Å². The van der Waals surface area contributed by atoms with Crippen molar-refractivity contribution in [3.8, 4) is 0 Å². The van der Waals surface area contributed by atoms with Crippen LogP contribution in [0.4, 0.5) is 23.1 Å². The number of hydrogen-bond donors (Lipinski definition) is 4. The van der Waals surface area contributed by atoms with Gasteiger partial charge in [0.05, 0.1) is 11.0 Å². The van der Waals surface area contributed by atoms with E-state index in [1.54, 1.807) is 6.20 Å². The monoisotopic (exact) mass is 498 g/mol. The van der Waals surface area contributed by atoms with Crippen molar-refractivity contribution in [3.05, 3.63) is 52.7 Å². The van der Waals surface area contributed by atoms with E-state index in [1.807, 2.05) is 37.4 Å². The molecule has 32 heavy (non-hydrogen) atoms. The van der Waals surface area contributed by atoms with Crippen molar-refractivity contribution in [1.82, 2.24) is 24.8 Å². The minimum atomic E-state index is 0.00267. The Kier molecular flexibility index (Phi) is 7.33. The molecule has 0 spiro atoms. The van der Waals surface area contributed by atoms with Crippen LogP contribution in [0.3, 0.4) is 0 Å². The number of rotatable bonds is 9. The number of hydrogen-bond acceptors (Lipinski definition) is 7. The van der Waals surface area contributed by atoms with Gasteiger partial charge in [0.1, 0.15) is 11.6 Å². The number of imidazole rings is 1. The molecule has 4 N–H and O–H groups in total. The number of anilines is 4. The van der Waals surface area contributed by atoms with E-state index in [1.165, 1.54) is 12.8 Å². The Morgan fingerprint density at radius 2 is 2.00 bits per heavy atom. The third kappa shape index (κ3) is 6.27. The van der Waals surface area contributed by atoms with Crippen LogP contribution in [0, 0.1) is 6.92 Å². The van der Waals surface area contributed by atoms with E-state index < -0.39 is 0 Å². The summed E-state index contributed by atoms with van der Waals surface area (Å²) in [4.78, 5) is 30.8. The molecular weight excluding hydrogens is 472 g/mol. The summed E-state index contributed by atoms with van der Waals surface area (Å²) in [6.45, 7) is 5.06. The van der Waals surface area contributed by atoms with E-state index in [4.69, 9.17) is 0 Å². The fourth-order valence-corrected chi connectivity index (χ4v) is 3.94. The first-order valence-electron chi connectivity index (χ1n) is 10.7. The zero-order valence-electron chi connectivity index (χ0n) is 18.0. The third-order valence-electron chi connectivity index (χ3n) is 5.15. The molecule has 9 nitrogen and oxygen atoms in total. The second-order valence-electron chi connectivity index (χ2n) is 7.80. The SMILES string of the molecule is Cc1ncc(CCNc2nc(Nc3cccc(NC(=O)CN4CCCC4)c3)ncc2Br)[nH]1. The van der Waals surface area contributed by atoms with Crippen LogP contribution in [0.5, 0.6) is 0 Å². The van der Waals surface area contributed by atoms with Crippen LogP contribution in [0.1, 0.15) is 24.4 Å². The highest BCUT2D eigenvalue weighted by molar-refractivity contribution is 9.10. The number of amides is 1. The number of benzene rings is 1. The number of carbonyl (C=O) groups is 1. The van der Waals surface area contributed by atoms with Crippen LogP contribution >= 0.6 is 15.9 Å². The van der Waals surface area contributed by atoms with Crippen LogP contribution in [-0.2, 0) is 11.2 Å². The number of halogens is 1. The Bertz CT molecular complexity index is 1060. The van der Waals surface area contributed by atoms with E-state index in [0.29, 0.717) is 24.9 Å². The van der Waals surface area contributed by atoms with Gasteiger partial charge in [0, 0.05) is 42.4 Å². The number of aromatic nitrogens is 4. The van der Waals surface area contributed by atoms with Crippen molar-refractivity contribution < 1.29 is 4.79 Å². The zero-order chi connectivity index (χ0) is 22.3. The van der Waals surface area contributed by atoms with Gasteiger partial charge in [-0.25, -0.2) is 9.97 Å². The minimum absolute atomic E-state index is 0.00267. The number of carbonyl (C=O) groups excluding carboxylic acids is 1. The normalized spacial score (nSPS) is 13.8. The molecule has 0 unspecified atom stereocenters. The molecule has 3 heterocycles. The Balaban J connectivity index is 1.34. The molecule has 0 bridgehead atoms.